The van der Waals surface area contributed by atoms with Gasteiger partial charge in [0.1, 0.15) is 17.8 Å². The average molecular weight is 476 g/mol. The second-order valence-electron chi connectivity index (χ2n) is 9.11. The number of amidine groups is 1. The second kappa shape index (κ2) is 10.8. The van der Waals surface area contributed by atoms with Gasteiger partial charge >= 0.3 is 0 Å². The zero-order valence-corrected chi connectivity index (χ0v) is 20.1. The van der Waals surface area contributed by atoms with Gasteiger partial charge in [0.25, 0.3) is 0 Å². The van der Waals surface area contributed by atoms with Crippen molar-refractivity contribution < 1.29 is 9.53 Å². The molecule has 3 aliphatic rings. The molecule has 0 spiro atoms. The molecule has 0 aliphatic carbocycles. The zero-order chi connectivity index (χ0) is 24.0. The molecule has 3 N–H and O–H groups in total. The van der Waals surface area contributed by atoms with Crippen molar-refractivity contribution >= 4 is 11.7 Å². The van der Waals surface area contributed by atoms with Gasteiger partial charge in [-0.2, -0.15) is 5.10 Å². The molecule has 5 rings (SSSR count). The lowest BCUT2D eigenvalue weighted by atomic mass is 9.99. The molecular weight excluding hydrogens is 442 g/mol. The molecule has 0 saturated carbocycles. The molecule has 3 unspecified atom stereocenters. The largest absolute Gasteiger partial charge is 0.494 e. The molecule has 1 fully saturated rings. The Bertz CT molecular complexity index is 1060. The molecule has 4 heterocycles. The van der Waals surface area contributed by atoms with E-state index in [0.29, 0.717) is 19.4 Å². The van der Waals surface area contributed by atoms with Gasteiger partial charge in [0.05, 0.1) is 18.7 Å². The molecule has 0 radical (unpaired) electrons. The predicted octanol–water partition coefficient (Wildman–Crippen LogP) is 3.01. The lowest BCUT2D eigenvalue weighted by molar-refractivity contribution is -0.121. The molecule has 1 aromatic carbocycles. The summed E-state index contributed by atoms with van der Waals surface area (Å²) < 4.78 is 5.80. The summed E-state index contributed by atoms with van der Waals surface area (Å²) in [5.74, 6) is 1.82. The fourth-order valence-corrected chi connectivity index (χ4v) is 4.68. The van der Waals surface area contributed by atoms with Crippen molar-refractivity contribution in [2.45, 2.75) is 63.8 Å². The molecule has 1 amide bonds. The molecule has 35 heavy (non-hydrogen) atoms. The molecular formula is C26H33N7O2. The Balaban J connectivity index is 1.11. The topological polar surface area (TPSA) is 94.1 Å². The molecule has 9 heteroatoms. The number of unbranched alkanes of at least 4 members (excludes halogenated alkanes) is 1. The van der Waals surface area contributed by atoms with Crippen LogP contribution in [0, 0.1) is 0 Å². The van der Waals surface area contributed by atoms with E-state index in [-0.39, 0.29) is 24.2 Å². The van der Waals surface area contributed by atoms with Crippen LogP contribution in [0.5, 0.6) is 5.75 Å². The van der Waals surface area contributed by atoms with Gasteiger partial charge in [0.15, 0.2) is 0 Å². The summed E-state index contributed by atoms with van der Waals surface area (Å²) in [4.78, 5) is 18.6. The molecule has 9 nitrogen and oxygen atoms in total. The Labute approximate surface area is 206 Å². The number of pyridine rings is 1. The standard InChI is InChI=1S/C26H33N7O2/c1-2-3-15-35-21-8-6-20(7-9-21)22-16-23-26-30-29-24(32(26)13-14-33(23)31-22)10-11-25(34)28-18-19-5-4-12-27-17-19/h4-9,12-14,17,22-23,26,30-31H,2-3,10-11,15-16,18H2,1H3,(H,28,34). The van der Waals surface area contributed by atoms with Crippen LogP contribution in [-0.4, -0.2) is 45.5 Å². The van der Waals surface area contributed by atoms with Crippen molar-refractivity contribution in [2.24, 2.45) is 5.10 Å². The Morgan fingerprint density at radius 3 is 2.91 bits per heavy atom. The van der Waals surface area contributed by atoms with Gasteiger partial charge in [-0.3, -0.25) is 15.2 Å². The summed E-state index contributed by atoms with van der Waals surface area (Å²) in [5, 5.41) is 9.68. The Hall–Kier alpha value is -3.59. The van der Waals surface area contributed by atoms with Crippen LogP contribution in [0.4, 0.5) is 0 Å². The van der Waals surface area contributed by atoms with Crippen LogP contribution in [0.15, 0.2) is 66.3 Å². The molecule has 2 aromatic rings. The summed E-state index contributed by atoms with van der Waals surface area (Å²) in [6.45, 7) is 3.41. The van der Waals surface area contributed by atoms with Crippen LogP contribution in [0.3, 0.4) is 0 Å². The Morgan fingerprint density at radius 1 is 1.23 bits per heavy atom. The summed E-state index contributed by atoms with van der Waals surface area (Å²) in [5.41, 5.74) is 9.13. The fourth-order valence-electron chi connectivity index (χ4n) is 4.68. The number of rotatable bonds is 10. The highest BCUT2D eigenvalue weighted by atomic mass is 16.5. The SMILES string of the molecule is CCCCOc1ccc(C2CC3C4NN=C(CCC(=O)NCc5cccnc5)N4C=CN3N2)cc1. The minimum atomic E-state index is 0.00679. The Kier molecular flexibility index (Phi) is 7.13. The number of hydrazone groups is 1. The van der Waals surface area contributed by atoms with Crippen LogP contribution < -0.4 is 20.9 Å². The van der Waals surface area contributed by atoms with Crippen LogP contribution in [0.25, 0.3) is 0 Å². The first-order chi connectivity index (χ1) is 17.2. The van der Waals surface area contributed by atoms with E-state index in [1.807, 2.05) is 18.3 Å². The summed E-state index contributed by atoms with van der Waals surface area (Å²) in [6.07, 6.45) is 11.7. The van der Waals surface area contributed by atoms with E-state index < -0.39 is 0 Å². The number of amides is 1. The second-order valence-corrected chi connectivity index (χ2v) is 9.11. The number of hydrazine groups is 1. The number of benzene rings is 1. The minimum Gasteiger partial charge on any atom is -0.494 e. The number of hydrogen-bond donors (Lipinski definition) is 3. The maximum atomic E-state index is 12.3. The van der Waals surface area contributed by atoms with Crippen molar-refractivity contribution in [3.63, 3.8) is 0 Å². The Morgan fingerprint density at radius 2 is 2.11 bits per heavy atom. The van der Waals surface area contributed by atoms with Gasteiger partial charge in [-0.05, 0) is 42.2 Å². The van der Waals surface area contributed by atoms with E-state index in [1.165, 1.54) is 5.56 Å². The van der Waals surface area contributed by atoms with Crippen molar-refractivity contribution in [1.82, 2.24) is 31.1 Å². The third-order valence-corrected chi connectivity index (χ3v) is 6.65. The first-order valence-corrected chi connectivity index (χ1v) is 12.4. The number of hydrogen-bond acceptors (Lipinski definition) is 8. The first-order valence-electron chi connectivity index (χ1n) is 12.4. The zero-order valence-electron chi connectivity index (χ0n) is 20.1. The maximum Gasteiger partial charge on any atom is 0.220 e. The molecule has 184 valence electrons. The van der Waals surface area contributed by atoms with Gasteiger partial charge in [-0.1, -0.05) is 31.5 Å². The van der Waals surface area contributed by atoms with Crippen LogP contribution in [0.2, 0.25) is 0 Å². The van der Waals surface area contributed by atoms with Crippen LogP contribution in [-0.2, 0) is 11.3 Å². The van der Waals surface area contributed by atoms with Gasteiger partial charge in [0, 0.05) is 44.2 Å². The summed E-state index contributed by atoms with van der Waals surface area (Å²) in [7, 11) is 0. The highest BCUT2D eigenvalue weighted by molar-refractivity contribution is 5.89. The van der Waals surface area contributed by atoms with Crippen molar-refractivity contribution in [3.05, 3.63) is 72.3 Å². The van der Waals surface area contributed by atoms with Crippen LogP contribution >= 0.6 is 0 Å². The minimum absolute atomic E-state index is 0.00679. The number of carbonyl (C=O) groups excluding carboxylic acids is 1. The van der Waals surface area contributed by atoms with Crippen molar-refractivity contribution in [1.29, 1.82) is 0 Å². The third-order valence-electron chi connectivity index (χ3n) is 6.65. The lowest BCUT2D eigenvalue weighted by Gasteiger charge is -2.37. The maximum absolute atomic E-state index is 12.3. The molecule has 0 bridgehead atoms. The number of nitrogens with zero attached hydrogens (tertiary/aromatic N) is 4. The number of fused-ring (bicyclic) bond motifs is 3. The monoisotopic (exact) mass is 475 g/mol. The third kappa shape index (κ3) is 5.40. The smallest absolute Gasteiger partial charge is 0.220 e. The van der Waals surface area contributed by atoms with Crippen molar-refractivity contribution in [2.75, 3.05) is 6.61 Å². The first kappa shape index (κ1) is 23.2. The molecule has 3 aliphatic heterocycles. The highest BCUT2D eigenvalue weighted by Crippen LogP contribution is 2.34. The van der Waals surface area contributed by atoms with E-state index >= 15 is 0 Å². The van der Waals surface area contributed by atoms with Gasteiger partial charge in [-0.25, -0.2) is 5.43 Å². The van der Waals surface area contributed by atoms with E-state index in [2.05, 4.69) is 73.6 Å². The highest BCUT2D eigenvalue weighted by Gasteiger charge is 2.44. The lowest BCUT2D eigenvalue weighted by Crippen LogP contribution is -2.54. The summed E-state index contributed by atoms with van der Waals surface area (Å²) in [6, 6.07) is 12.7. The van der Waals surface area contributed by atoms with Gasteiger partial charge in [0.2, 0.25) is 5.91 Å². The number of aromatic nitrogens is 1. The predicted molar refractivity (Wildman–Crippen MR) is 134 cm³/mol. The fraction of sp³-hybridized carbons (Fsp3) is 0.423. The number of nitrogens with one attached hydrogen (secondary N) is 3. The average Bonchev–Trinajstić information content (AvgIpc) is 3.51. The normalized spacial score (nSPS) is 22.3. The van der Waals surface area contributed by atoms with E-state index in [9.17, 15) is 4.79 Å². The number of ether oxygens (including phenoxy) is 1. The van der Waals surface area contributed by atoms with Gasteiger partial charge < -0.3 is 20.0 Å². The number of carbonyl (C=O) groups is 1. The van der Waals surface area contributed by atoms with E-state index in [1.54, 1.807) is 12.4 Å². The van der Waals surface area contributed by atoms with Crippen molar-refractivity contribution in [3.8, 4) is 5.75 Å². The van der Waals surface area contributed by atoms with E-state index in [4.69, 9.17) is 4.74 Å². The quantitative estimate of drug-likeness (QED) is 0.455. The summed E-state index contributed by atoms with van der Waals surface area (Å²) >= 11 is 0. The molecule has 3 atom stereocenters. The molecule has 1 aromatic heterocycles. The molecule has 1 saturated heterocycles. The van der Waals surface area contributed by atoms with Crippen LogP contribution in [0.1, 0.15) is 56.2 Å². The van der Waals surface area contributed by atoms with E-state index in [0.717, 1.165) is 43.0 Å². The van der Waals surface area contributed by atoms with Gasteiger partial charge in [-0.15, -0.1) is 0 Å².